The number of nitrogens with zero attached hydrogens (tertiary/aromatic N) is 1. The molecule has 0 N–H and O–H groups in total. The first-order valence-corrected chi connectivity index (χ1v) is 7.28. The van der Waals surface area contributed by atoms with Crippen molar-refractivity contribution >= 4 is 17.5 Å². The van der Waals surface area contributed by atoms with Crippen LogP contribution in [0.1, 0.15) is 38.5 Å². The van der Waals surface area contributed by atoms with Gasteiger partial charge in [0.15, 0.2) is 0 Å². The molecule has 0 saturated carbocycles. The number of amides is 1. The molecule has 2 heterocycles. The molecule has 0 aromatic rings. The predicted molar refractivity (Wildman–Crippen MR) is 68.2 cm³/mol. The average molecular weight is 260 g/mol. The van der Waals surface area contributed by atoms with E-state index < -0.39 is 0 Å². The SMILES string of the molecule is O=C(CCC1CCCO1)N1CCC(CCl)CC1. The van der Waals surface area contributed by atoms with Crippen LogP contribution in [0, 0.1) is 5.92 Å². The lowest BCUT2D eigenvalue weighted by Gasteiger charge is -2.31. The van der Waals surface area contributed by atoms with E-state index in [1.807, 2.05) is 4.90 Å². The summed E-state index contributed by atoms with van der Waals surface area (Å²) in [7, 11) is 0. The third-order valence-electron chi connectivity index (χ3n) is 3.89. The molecule has 17 heavy (non-hydrogen) atoms. The van der Waals surface area contributed by atoms with Gasteiger partial charge in [-0.05, 0) is 38.0 Å². The van der Waals surface area contributed by atoms with E-state index in [1.165, 1.54) is 0 Å². The maximum absolute atomic E-state index is 12.0. The molecular weight excluding hydrogens is 238 g/mol. The zero-order valence-electron chi connectivity index (χ0n) is 10.4. The highest BCUT2D eigenvalue weighted by Gasteiger charge is 2.23. The Kier molecular flexibility index (Phi) is 5.11. The summed E-state index contributed by atoms with van der Waals surface area (Å²) in [5.74, 6) is 1.64. The zero-order valence-corrected chi connectivity index (χ0v) is 11.1. The van der Waals surface area contributed by atoms with Crippen LogP contribution in [0.2, 0.25) is 0 Å². The maximum atomic E-state index is 12.0. The van der Waals surface area contributed by atoms with Crippen molar-refractivity contribution in [1.82, 2.24) is 4.90 Å². The Morgan fingerprint density at radius 3 is 2.65 bits per heavy atom. The molecule has 2 aliphatic rings. The fraction of sp³-hybridized carbons (Fsp3) is 0.923. The van der Waals surface area contributed by atoms with Crippen LogP contribution in [-0.2, 0) is 9.53 Å². The third-order valence-corrected chi connectivity index (χ3v) is 4.33. The number of piperidine rings is 1. The number of hydrogen-bond acceptors (Lipinski definition) is 2. The minimum atomic E-state index is 0.300. The lowest BCUT2D eigenvalue weighted by molar-refractivity contribution is -0.133. The van der Waals surface area contributed by atoms with Crippen LogP contribution in [0.15, 0.2) is 0 Å². The Labute approximate surface area is 108 Å². The summed E-state index contributed by atoms with van der Waals surface area (Å²) >= 11 is 5.83. The molecule has 0 aromatic carbocycles. The normalized spacial score (nSPS) is 26.4. The predicted octanol–water partition coefficient (Wildman–Crippen LogP) is 2.42. The number of halogens is 1. The molecule has 1 unspecified atom stereocenters. The summed E-state index contributed by atoms with van der Waals surface area (Å²) in [6.07, 6.45) is 6.29. The van der Waals surface area contributed by atoms with Crippen molar-refractivity contribution in [2.45, 2.75) is 44.6 Å². The van der Waals surface area contributed by atoms with E-state index in [4.69, 9.17) is 16.3 Å². The van der Waals surface area contributed by atoms with E-state index in [2.05, 4.69) is 0 Å². The number of alkyl halides is 1. The van der Waals surface area contributed by atoms with Crippen LogP contribution in [0.3, 0.4) is 0 Å². The van der Waals surface area contributed by atoms with E-state index in [1.54, 1.807) is 0 Å². The van der Waals surface area contributed by atoms with Crippen molar-refractivity contribution in [2.24, 2.45) is 5.92 Å². The van der Waals surface area contributed by atoms with Crippen molar-refractivity contribution in [2.75, 3.05) is 25.6 Å². The standard InChI is InChI=1S/C13H22ClNO2/c14-10-11-5-7-15(8-6-11)13(16)4-3-12-2-1-9-17-12/h11-12H,1-10H2. The van der Waals surface area contributed by atoms with Gasteiger partial charge < -0.3 is 9.64 Å². The molecule has 0 radical (unpaired) electrons. The number of likely N-dealkylation sites (tertiary alicyclic amines) is 1. The Hall–Kier alpha value is -0.280. The van der Waals surface area contributed by atoms with Gasteiger partial charge in [0.2, 0.25) is 5.91 Å². The van der Waals surface area contributed by atoms with Gasteiger partial charge in [-0.1, -0.05) is 0 Å². The molecule has 98 valence electrons. The Morgan fingerprint density at radius 2 is 2.06 bits per heavy atom. The Bertz CT molecular complexity index is 246. The number of carbonyl (C=O) groups excluding carboxylic acids is 1. The van der Waals surface area contributed by atoms with E-state index in [9.17, 15) is 4.79 Å². The Balaban J connectivity index is 1.66. The second-order valence-electron chi connectivity index (χ2n) is 5.15. The van der Waals surface area contributed by atoms with Crippen molar-refractivity contribution in [1.29, 1.82) is 0 Å². The van der Waals surface area contributed by atoms with Gasteiger partial charge in [-0.15, -0.1) is 11.6 Å². The molecule has 0 aromatic heterocycles. The maximum Gasteiger partial charge on any atom is 0.222 e. The molecule has 0 spiro atoms. The van der Waals surface area contributed by atoms with Gasteiger partial charge in [-0.2, -0.15) is 0 Å². The van der Waals surface area contributed by atoms with Gasteiger partial charge in [0.25, 0.3) is 0 Å². The van der Waals surface area contributed by atoms with Crippen LogP contribution in [0.5, 0.6) is 0 Å². The summed E-state index contributed by atoms with van der Waals surface area (Å²) in [6, 6.07) is 0. The second-order valence-corrected chi connectivity index (χ2v) is 5.46. The van der Waals surface area contributed by atoms with E-state index in [0.29, 0.717) is 24.3 Å². The molecule has 2 rings (SSSR count). The number of hydrogen-bond donors (Lipinski definition) is 0. The fourth-order valence-electron chi connectivity index (χ4n) is 2.65. The molecule has 2 fully saturated rings. The van der Waals surface area contributed by atoms with E-state index >= 15 is 0 Å². The van der Waals surface area contributed by atoms with Crippen LogP contribution in [0.25, 0.3) is 0 Å². The highest BCUT2D eigenvalue weighted by atomic mass is 35.5. The number of carbonyl (C=O) groups is 1. The highest BCUT2D eigenvalue weighted by Crippen LogP contribution is 2.21. The number of ether oxygens (including phenoxy) is 1. The lowest BCUT2D eigenvalue weighted by Crippen LogP contribution is -2.39. The van der Waals surface area contributed by atoms with Gasteiger partial charge in [0, 0.05) is 32.0 Å². The summed E-state index contributed by atoms with van der Waals surface area (Å²) in [6.45, 7) is 2.66. The largest absolute Gasteiger partial charge is 0.378 e. The van der Waals surface area contributed by atoms with Gasteiger partial charge in [0.1, 0.15) is 0 Å². The minimum Gasteiger partial charge on any atom is -0.378 e. The molecular formula is C13H22ClNO2. The first kappa shape index (κ1) is 13.2. The summed E-state index contributed by atoms with van der Waals surface area (Å²) in [4.78, 5) is 14.0. The first-order valence-electron chi connectivity index (χ1n) is 6.75. The molecule has 0 aliphatic carbocycles. The molecule has 2 saturated heterocycles. The molecule has 4 heteroatoms. The van der Waals surface area contributed by atoms with Crippen LogP contribution in [0.4, 0.5) is 0 Å². The number of rotatable bonds is 4. The van der Waals surface area contributed by atoms with Crippen LogP contribution in [-0.4, -0.2) is 42.5 Å². The molecule has 3 nitrogen and oxygen atoms in total. The lowest BCUT2D eigenvalue weighted by atomic mass is 9.98. The molecule has 0 bridgehead atoms. The van der Waals surface area contributed by atoms with Crippen LogP contribution >= 0.6 is 11.6 Å². The Morgan fingerprint density at radius 1 is 1.29 bits per heavy atom. The van der Waals surface area contributed by atoms with E-state index in [-0.39, 0.29) is 0 Å². The minimum absolute atomic E-state index is 0.300. The van der Waals surface area contributed by atoms with Crippen molar-refractivity contribution in [3.05, 3.63) is 0 Å². The highest BCUT2D eigenvalue weighted by molar-refractivity contribution is 6.18. The van der Waals surface area contributed by atoms with Crippen molar-refractivity contribution in [3.63, 3.8) is 0 Å². The van der Waals surface area contributed by atoms with Gasteiger partial charge in [-0.3, -0.25) is 4.79 Å². The van der Waals surface area contributed by atoms with Crippen LogP contribution < -0.4 is 0 Å². The molecule has 1 atom stereocenters. The van der Waals surface area contributed by atoms with E-state index in [0.717, 1.165) is 57.7 Å². The zero-order chi connectivity index (χ0) is 12.1. The monoisotopic (exact) mass is 259 g/mol. The topological polar surface area (TPSA) is 29.5 Å². The summed E-state index contributed by atoms with van der Waals surface area (Å²) in [5.41, 5.74) is 0. The third kappa shape index (κ3) is 3.85. The van der Waals surface area contributed by atoms with Gasteiger partial charge in [0.05, 0.1) is 6.10 Å². The fourth-order valence-corrected chi connectivity index (χ4v) is 2.96. The first-order chi connectivity index (χ1) is 8.29. The molecule has 1 amide bonds. The second kappa shape index (κ2) is 6.60. The average Bonchev–Trinajstić information content (AvgIpc) is 2.89. The van der Waals surface area contributed by atoms with Crippen molar-refractivity contribution in [3.8, 4) is 0 Å². The van der Waals surface area contributed by atoms with Crippen molar-refractivity contribution < 1.29 is 9.53 Å². The van der Waals surface area contributed by atoms with Gasteiger partial charge in [-0.25, -0.2) is 0 Å². The summed E-state index contributed by atoms with van der Waals surface area (Å²) in [5, 5.41) is 0. The quantitative estimate of drug-likeness (QED) is 0.726. The van der Waals surface area contributed by atoms with Gasteiger partial charge >= 0.3 is 0 Å². The smallest absolute Gasteiger partial charge is 0.222 e. The molecule has 2 aliphatic heterocycles. The summed E-state index contributed by atoms with van der Waals surface area (Å²) < 4.78 is 5.54.